The molecule has 0 aliphatic carbocycles. The van der Waals surface area contributed by atoms with Gasteiger partial charge in [-0.2, -0.15) is 0 Å². The Balaban J connectivity index is 1.64. The number of anilines is 1. The molecule has 0 spiro atoms. The third-order valence-corrected chi connectivity index (χ3v) is 6.55. The lowest BCUT2D eigenvalue weighted by Gasteiger charge is -2.06. The van der Waals surface area contributed by atoms with Gasteiger partial charge in [-0.05, 0) is 42.8 Å². The summed E-state index contributed by atoms with van der Waals surface area (Å²) in [5, 5.41) is 3.16. The minimum atomic E-state index is -3.54. The quantitative estimate of drug-likeness (QED) is 0.697. The fourth-order valence-electron chi connectivity index (χ4n) is 2.45. The number of benzene rings is 2. The number of aryl methyl sites for hydroxylation is 1. The van der Waals surface area contributed by atoms with Crippen LogP contribution < -0.4 is 10.1 Å². The molecule has 6 nitrogen and oxygen atoms in total. The third-order valence-electron chi connectivity index (χ3n) is 3.88. The van der Waals surface area contributed by atoms with Gasteiger partial charge in [0.15, 0.2) is 15.0 Å². The predicted molar refractivity (Wildman–Crippen MR) is 103 cm³/mol. The van der Waals surface area contributed by atoms with E-state index in [4.69, 9.17) is 4.74 Å². The second-order valence-electron chi connectivity index (χ2n) is 5.73. The van der Waals surface area contributed by atoms with Gasteiger partial charge in [-0.3, -0.25) is 4.79 Å². The van der Waals surface area contributed by atoms with Crippen LogP contribution in [0.2, 0.25) is 0 Å². The number of para-hydroxylation sites is 1. The Labute approximate surface area is 155 Å². The number of methoxy groups -OCH3 is 1. The molecular weight excluding hydrogens is 372 g/mol. The van der Waals surface area contributed by atoms with Gasteiger partial charge in [0, 0.05) is 6.42 Å². The van der Waals surface area contributed by atoms with Crippen LogP contribution in [0, 0.1) is 6.92 Å². The van der Waals surface area contributed by atoms with E-state index in [-0.39, 0.29) is 23.0 Å². The van der Waals surface area contributed by atoms with Crippen molar-refractivity contribution in [3.05, 3.63) is 48.0 Å². The first-order valence-electron chi connectivity index (χ1n) is 7.92. The zero-order valence-corrected chi connectivity index (χ0v) is 16.0. The van der Waals surface area contributed by atoms with Crippen LogP contribution >= 0.6 is 11.3 Å². The highest BCUT2D eigenvalue weighted by Crippen LogP contribution is 2.28. The fourth-order valence-corrected chi connectivity index (χ4v) is 4.65. The molecule has 1 heterocycles. The number of aromatic nitrogens is 1. The van der Waals surface area contributed by atoms with Gasteiger partial charge in [-0.15, -0.1) is 0 Å². The van der Waals surface area contributed by atoms with Gasteiger partial charge in [-0.1, -0.05) is 23.5 Å². The Morgan fingerprint density at radius 1 is 1.19 bits per heavy atom. The number of rotatable bonds is 6. The molecular formula is C18H18N2O4S2. The van der Waals surface area contributed by atoms with Gasteiger partial charge in [0.25, 0.3) is 0 Å². The molecule has 0 aliphatic heterocycles. The topological polar surface area (TPSA) is 85.4 Å². The number of thiazole rings is 1. The number of hydrogen-bond donors (Lipinski definition) is 1. The standard InChI is InChI=1S/C18H18N2O4S2/c1-12-4-3-5-15-17(12)20-18(25-15)19-16(21)10-11-26(22,23)14-8-6-13(24-2)7-9-14/h3-9H,10-11H2,1-2H3,(H,19,20,21). The monoisotopic (exact) mass is 390 g/mol. The van der Waals surface area contributed by atoms with Crippen LogP contribution in [0.4, 0.5) is 5.13 Å². The van der Waals surface area contributed by atoms with Crippen molar-refractivity contribution >= 4 is 42.4 Å². The summed E-state index contributed by atoms with van der Waals surface area (Å²) in [5.41, 5.74) is 1.87. The van der Waals surface area contributed by atoms with E-state index in [0.717, 1.165) is 15.8 Å². The zero-order valence-electron chi connectivity index (χ0n) is 14.4. The largest absolute Gasteiger partial charge is 0.497 e. The molecule has 0 aliphatic rings. The first kappa shape index (κ1) is 18.3. The molecule has 0 fully saturated rings. The van der Waals surface area contributed by atoms with Gasteiger partial charge < -0.3 is 10.1 Å². The number of nitrogens with one attached hydrogen (secondary N) is 1. The summed E-state index contributed by atoms with van der Waals surface area (Å²) in [6, 6.07) is 11.9. The maximum Gasteiger partial charge on any atom is 0.227 e. The number of carbonyl (C=O) groups excluding carboxylic acids is 1. The Bertz CT molecular complexity index is 1040. The molecule has 0 saturated carbocycles. The van der Waals surface area contributed by atoms with E-state index in [0.29, 0.717) is 10.9 Å². The lowest BCUT2D eigenvalue weighted by molar-refractivity contribution is -0.115. The highest BCUT2D eigenvalue weighted by atomic mass is 32.2. The molecule has 3 rings (SSSR count). The molecule has 3 aromatic rings. The molecule has 136 valence electrons. The number of carbonyl (C=O) groups is 1. The van der Waals surface area contributed by atoms with E-state index in [1.807, 2.05) is 25.1 Å². The lowest BCUT2D eigenvalue weighted by Crippen LogP contribution is -2.17. The van der Waals surface area contributed by atoms with Crippen molar-refractivity contribution in [2.75, 3.05) is 18.2 Å². The van der Waals surface area contributed by atoms with Gasteiger partial charge in [-0.25, -0.2) is 13.4 Å². The number of fused-ring (bicyclic) bond motifs is 1. The average molecular weight is 390 g/mol. The first-order chi connectivity index (χ1) is 12.4. The van der Waals surface area contributed by atoms with Gasteiger partial charge in [0.2, 0.25) is 5.91 Å². The smallest absolute Gasteiger partial charge is 0.227 e. The average Bonchev–Trinajstić information content (AvgIpc) is 3.04. The molecule has 0 bridgehead atoms. The van der Waals surface area contributed by atoms with Crippen molar-refractivity contribution in [3.8, 4) is 5.75 Å². The summed E-state index contributed by atoms with van der Waals surface area (Å²) >= 11 is 1.37. The van der Waals surface area contributed by atoms with Crippen molar-refractivity contribution in [1.82, 2.24) is 4.98 Å². The van der Waals surface area contributed by atoms with Gasteiger partial charge >= 0.3 is 0 Å². The SMILES string of the molecule is COc1ccc(S(=O)(=O)CCC(=O)Nc2nc3c(C)cccc3s2)cc1. The zero-order chi connectivity index (χ0) is 18.7. The van der Waals surface area contributed by atoms with Crippen LogP contribution in [-0.4, -0.2) is 32.2 Å². The van der Waals surface area contributed by atoms with Crippen LogP contribution in [0.25, 0.3) is 10.2 Å². The van der Waals surface area contributed by atoms with E-state index in [9.17, 15) is 13.2 Å². The van der Waals surface area contributed by atoms with Gasteiger partial charge in [0.1, 0.15) is 5.75 Å². The second-order valence-corrected chi connectivity index (χ2v) is 8.87. The second kappa shape index (κ2) is 7.43. The Morgan fingerprint density at radius 2 is 1.92 bits per heavy atom. The highest BCUT2D eigenvalue weighted by Gasteiger charge is 2.17. The van der Waals surface area contributed by atoms with Crippen LogP contribution in [0.15, 0.2) is 47.4 Å². The first-order valence-corrected chi connectivity index (χ1v) is 10.4. The van der Waals surface area contributed by atoms with Crippen LogP contribution in [0.1, 0.15) is 12.0 Å². The minimum absolute atomic E-state index is 0.136. The maximum absolute atomic E-state index is 12.3. The van der Waals surface area contributed by atoms with Crippen LogP contribution in [0.3, 0.4) is 0 Å². The van der Waals surface area contributed by atoms with E-state index in [1.165, 1.54) is 30.6 Å². The Kier molecular flexibility index (Phi) is 5.24. The summed E-state index contributed by atoms with van der Waals surface area (Å²) in [4.78, 5) is 16.7. The molecule has 26 heavy (non-hydrogen) atoms. The number of sulfone groups is 1. The molecule has 1 aromatic heterocycles. The molecule has 0 radical (unpaired) electrons. The van der Waals surface area contributed by atoms with Crippen LogP contribution in [0.5, 0.6) is 5.75 Å². The third kappa shape index (κ3) is 4.03. The minimum Gasteiger partial charge on any atom is -0.497 e. The van der Waals surface area contributed by atoms with Crippen LogP contribution in [-0.2, 0) is 14.6 Å². The van der Waals surface area contributed by atoms with Crippen molar-refractivity contribution < 1.29 is 17.9 Å². The van der Waals surface area contributed by atoms with E-state index >= 15 is 0 Å². The summed E-state index contributed by atoms with van der Waals surface area (Å²) in [6.45, 7) is 1.95. The number of hydrogen-bond acceptors (Lipinski definition) is 6. The molecule has 0 atom stereocenters. The summed E-state index contributed by atoms with van der Waals surface area (Å²) in [6.07, 6.45) is -0.136. The molecule has 2 aromatic carbocycles. The van der Waals surface area contributed by atoms with E-state index in [1.54, 1.807) is 12.1 Å². The summed E-state index contributed by atoms with van der Waals surface area (Å²) < 4.78 is 30.7. The summed E-state index contributed by atoms with van der Waals surface area (Å²) in [5.74, 6) is -0.0682. The molecule has 1 N–H and O–H groups in total. The van der Waals surface area contributed by atoms with Gasteiger partial charge in [0.05, 0.1) is 28.0 Å². The number of amides is 1. The van der Waals surface area contributed by atoms with Crippen molar-refractivity contribution in [1.29, 1.82) is 0 Å². The number of ether oxygens (including phenoxy) is 1. The van der Waals surface area contributed by atoms with Crippen molar-refractivity contribution in [3.63, 3.8) is 0 Å². The summed E-state index contributed by atoms with van der Waals surface area (Å²) in [7, 11) is -2.03. The molecule has 0 unspecified atom stereocenters. The maximum atomic E-state index is 12.3. The fraction of sp³-hybridized carbons (Fsp3) is 0.222. The Hall–Kier alpha value is -2.45. The lowest BCUT2D eigenvalue weighted by atomic mass is 10.2. The molecule has 8 heteroatoms. The molecule has 0 saturated heterocycles. The van der Waals surface area contributed by atoms with Crippen molar-refractivity contribution in [2.45, 2.75) is 18.2 Å². The van der Waals surface area contributed by atoms with Crippen molar-refractivity contribution in [2.24, 2.45) is 0 Å². The normalized spacial score (nSPS) is 11.5. The van der Waals surface area contributed by atoms with E-state index < -0.39 is 9.84 Å². The molecule has 1 amide bonds. The highest BCUT2D eigenvalue weighted by molar-refractivity contribution is 7.91. The van der Waals surface area contributed by atoms with E-state index in [2.05, 4.69) is 10.3 Å². The Morgan fingerprint density at radius 3 is 2.58 bits per heavy atom. The predicted octanol–water partition coefficient (Wildman–Crippen LogP) is 3.42. The number of nitrogens with zero attached hydrogens (tertiary/aromatic N) is 1.